The molecule has 0 saturated carbocycles. The van der Waals surface area contributed by atoms with Crippen molar-refractivity contribution in [2.24, 2.45) is 0 Å². The molecule has 0 saturated heterocycles. The van der Waals surface area contributed by atoms with Crippen molar-refractivity contribution in [2.75, 3.05) is 16.8 Å². The molecule has 1 aromatic heterocycles. The topological polar surface area (TPSA) is 84.2 Å². The molecule has 0 aliphatic carbocycles. The van der Waals surface area contributed by atoms with Crippen LogP contribution in [0.1, 0.15) is 29.3 Å². The normalized spacial score (nSPS) is 11.6. The SMILES string of the molecule is Cc1cc(NC(=O)CSCC(=O)NC(CCc2ccccc2)c2ccccc2)no1. The Kier molecular flexibility index (Phi) is 8.09. The monoisotopic (exact) mass is 423 g/mol. The maximum absolute atomic E-state index is 12.5. The molecule has 1 unspecified atom stereocenters. The summed E-state index contributed by atoms with van der Waals surface area (Å²) >= 11 is 1.26. The highest BCUT2D eigenvalue weighted by Gasteiger charge is 2.15. The second kappa shape index (κ2) is 11.2. The first-order valence-corrected chi connectivity index (χ1v) is 10.9. The fraction of sp³-hybridized carbons (Fsp3) is 0.261. The zero-order valence-electron chi connectivity index (χ0n) is 16.8. The van der Waals surface area contributed by atoms with Gasteiger partial charge >= 0.3 is 0 Å². The average Bonchev–Trinajstić information content (AvgIpc) is 3.17. The van der Waals surface area contributed by atoms with Crippen LogP contribution in [0, 0.1) is 6.92 Å². The van der Waals surface area contributed by atoms with Gasteiger partial charge in [0, 0.05) is 6.07 Å². The number of thioether (sulfide) groups is 1. The van der Waals surface area contributed by atoms with Crippen molar-refractivity contribution in [3.63, 3.8) is 0 Å². The Labute approximate surface area is 180 Å². The molecule has 1 heterocycles. The molecule has 6 nitrogen and oxygen atoms in total. The molecule has 0 aliphatic rings. The summed E-state index contributed by atoms with van der Waals surface area (Å²) in [7, 11) is 0. The maximum Gasteiger partial charge on any atom is 0.235 e. The minimum atomic E-state index is -0.218. The van der Waals surface area contributed by atoms with Crippen LogP contribution in [-0.4, -0.2) is 28.5 Å². The van der Waals surface area contributed by atoms with Crippen molar-refractivity contribution in [1.82, 2.24) is 10.5 Å². The zero-order valence-corrected chi connectivity index (χ0v) is 17.7. The Balaban J connectivity index is 1.48. The average molecular weight is 424 g/mol. The number of carbonyl (C=O) groups excluding carboxylic acids is 2. The van der Waals surface area contributed by atoms with E-state index in [9.17, 15) is 9.59 Å². The van der Waals surface area contributed by atoms with Crippen molar-refractivity contribution in [3.05, 3.63) is 83.6 Å². The molecule has 2 N–H and O–H groups in total. The van der Waals surface area contributed by atoms with Crippen molar-refractivity contribution in [1.29, 1.82) is 0 Å². The first-order valence-electron chi connectivity index (χ1n) is 9.79. The minimum Gasteiger partial charge on any atom is -0.360 e. The van der Waals surface area contributed by atoms with Crippen LogP contribution in [0.4, 0.5) is 5.82 Å². The van der Waals surface area contributed by atoms with Crippen molar-refractivity contribution >= 4 is 29.4 Å². The van der Waals surface area contributed by atoms with Crippen LogP contribution in [0.2, 0.25) is 0 Å². The lowest BCUT2D eigenvalue weighted by Crippen LogP contribution is -2.30. The van der Waals surface area contributed by atoms with E-state index < -0.39 is 0 Å². The standard InChI is InChI=1S/C23H25N3O3S/c1-17-14-21(26-29-17)25-23(28)16-30-15-22(27)24-20(19-10-6-3-7-11-19)13-12-18-8-4-2-5-9-18/h2-11,14,20H,12-13,15-16H2,1H3,(H,24,27)(H,25,26,28). The van der Waals surface area contributed by atoms with E-state index in [1.807, 2.05) is 48.5 Å². The highest BCUT2D eigenvalue weighted by molar-refractivity contribution is 8.00. The Morgan fingerprint density at radius 2 is 1.67 bits per heavy atom. The number of hydrogen-bond donors (Lipinski definition) is 2. The predicted molar refractivity (Wildman–Crippen MR) is 119 cm³/mol. The van der Waals surface area contributed by atoms with Crippen LogP contribution in [-0.2, 0) is 16.0 Å². The molecule has 156 valence electrons. The fourth-order valence-electron chi connectivity index (χ4n) is 3.04. The van der Waals surface area contributed by atoms with Crippen LogP contribution in [0.3, 0.4) is 0 Å². The lowest BCUT2D eigenvalue weighted by Gasteiger charge is -2.19. The highest BCUT2D eigenvalue weighted by atomic mass is 32.2. The van der Waals surface area contributed by atoms with Gasteiger partial charge in [-0.3, -0.25) is 9.59 Å². The van der Waals surface area contributed by atoms with Crippen LogP contribution >= 0.6 is 11.8 Å². The second-order valence-corrected chi connectivity index (χ2v) is 7.90. The van der Waals surface area contributed by atoms with Gasteiger partial charge in [0.1, 0.15) is 5.76 Å². The molecule has 2 amide bonds. The molecule has 0 bridgehead atoms. The van der Waals surface area contributed by atoms with Gasteiger partial charge in [0.05, 0.1) is 17.5 Å². The van der Waals surface area contributed by atoms with E-state index in [2.05, 4.69) is 27.9 Å². The number of nitrogens with one attached hydrogen (secondary N) is 2. The number of nitrogens with zero attached hydrogens (tertiary/aromatic N) is 1. The molecule has 1 atom stereocenters. The first-order chi connectivity index (χ1) is 14.6. The summed E-state index contributed by atoms with van der Waals surface area (Å²) < 4.78 is 4.91. The van der Waals surface area contributed by atoms with Gasteiger partial charge in [-0.15, -0.1) is 11.8 Å². The predicted octanol–water partition coefficient (Wildman–Crippen LogP) is 4.15. The molecule has 3 aromatic rings. The van der Waals surface area contributed by atoms with E-state index in [4.69, 9.17) is 4.52 Å². The number of anilines is 1. The summed E-state index contributed by atoms with van der Waals surface area (Å²) in [5.74, 6) is 1.07. The second-order valence-electron chi connectivity index (χ2n) is 6.92. The number of aromatic nitrogens is 1. The Morgan fingerprint density at radius 3 is 2.33 bits per heavy atom. The van der Waals surface area contributed by atoms with E-state index >= 15 is 0 Å². The molecular formula is C23H25N3O3S. The number of aryl methyl sites for hydroxylation is 2. The summed E-state index contributed by atoms with van der Waals surface area (Å²) in [6.45, 7) is 1.75. The largest absolute Gasteiger partial charge is 0.360 e. The fourth-order valence-corrected chi connectivity index (χ4v) is 3.67. The van der Waals surface area contributed by atoms with E-state index in [0.29, 0.717) is 11.6 Å². The molecule has 30 heavy (non-hydrogen) atoms. The van der Waals surface area contributed by atoms with Crippen molar-refractivity contribution in [2.45, 2.75) is 25.8 Å². The van der Waals surface area contributed by atoms with Gasteiger partial charge in [-0.2, -0.15) is 0 Å². The van der Waals surface area contributed by atoms with Gasteiger partial charge in [0.25, 0.3) is 0 Å². The van der Waals surface area contributed by atoms with Crippen LogP contribution < -0.4 is 10.6 Å². The maximum atomic E-state index is 12.5. The van der Waals surface area contributed by atoms with Crippen molar-refractivity contribution < 1.29 is 14.1 Å². The Hall–Kier alpha value is -3.06. The number of amides is 2. The third kappa shape index (κ3) is 7.08. The highest BCUT2D eigenvalue weighted by Crippen LogP contribution is 2.19. The van der Waals surface area contributed by atoms with Crippen molar-refractivity contribution in [3.8, 4) is 0 Å². The number of benzene rings is 2. The third-order valence-corrected chi connectivity index (χ3v) is 5.40. The van der Waals surface area contributed by atoms with E-state index in [-0.39, 0.29) is 29.4 Å². The van der Waals surface area contributed by atoms with E-state index in [1.54, 1.807) is 13.0 Å². The number of rotatable bonds is 10. The lowest BCUT2D eigenvalue weighted by molar-refractivity contribution is -0.119. The summed E-state index contributed by atoms with van der Waals surface area (Å²) in [4.78, 5) is 24.5. The van der Waals surface area contributed by atoms with Gasteiger partial charge in [-0.25, -0.2) is 0 Å². The minimum absolute atomic E-state index is 0.0774. The van der Waals surface area contributed by atoms with Gasteiger partial charge in [-0.05, 0) is 30.9 Å². The summed E-state index contributed by atoms with van der Waals surface area (Å²) in [6, 6.07) is 21.8. The van der Waals surface area contributed by atoms with Gasteiger partial charge in [-0.1, -0.05) is 65.8 Å². The molecule has 0 radical (unpaired) electrons. The lowest BCUT2D eigenvalue weighted by atomic mass is 9.99. The van der Waals surface area contributed by atoms with E-state index in [1.165, 1.54) is 17.3 Å². The molecule has 0 spiro atoms. The zero-order chi connectivity index (χ0) is 21.2. The quantitative estimate of drug-likeness (QED) is 0.512. The molecule has 0 fully saturated rings. The number of hydrogen-bond acceptors (Lipinski definition) is 5. The van der Waals surface area contributed by atoms with Gasteiger partial charge in [0.15, 0.2) is 5.82 Å². The van der Waals surface area contributed by atoms with Crippen LogP contribution in [0.15, 0.2) is 71.3 Å². The smallest absolute Gasteiger partial charge is 0.235 e. The number of carbonyl (C=O) groups is 2. The van der Waals surface area contributed by atoms with Gasteiger partial charge in [0.2, 0.25) is 11.8 Å². The van der Waals surface area contributed by atoms with Crippen LogP contribution in [0.25, 0.3) is 0 Å². The Bertz CT molecular complexity index is 945. The first kappa shape index (κ1) is 21.6. The Morgan fingerprint density at radius 1 is 1.00 bits per heavy atom. The molecule has 0 aliphatic heterocycles. The summed E-state index contributed by atoms with van der Waals surface area (Å²) in [6.07, 6.45) is 1.67. The van der Waals surface area contributed by atoms with Crippen LogP contribution in [0.5, 0.6) is 0 Å². The molecule has 2 aromatic carbocycles. The third-order valence-electron chi connectivity index (χ3n) is 4.46. The summed E-state index contributed by atoms with van der Waals surface area (Å²) in [5, 5.41) is 9.48. The van der Waals surface area contributed by atoms with E-state index in [0.717, 1.165) is 18.4 Å². The van der Waals surface area contributed by atoms with Gasteiger partial charge < -0.3 is 15.2 Å². The molecule has 7 heteroatoms. The molecular weight excluding hydrogens is 398 g/mol. The molecule has 3 rings (SSSR count). The summed E-state index contributed by atoms with van der Waals surface area (Å²) in [5.41, 5.74) is 2.31.